The van der Waals surface area contributed by atoms with Crippen LogP contribution < -0.4 is 5.43 Å². The number of anilines is 1. The van der Waals surface area contributed by atoms with E-state index >= 15 is 0 Å². The van der Waals surface area contributed by atoms with Crippen LogP contribution in [0.1, 0.15) is 44.0 Å². The first-order chi connectivity index (χ1) is 8.67. The highest BCUT2D eigenvalue weighted by Crippen LogP contribution is 2.10. The Kier molecular flexibility index (Phi) is 5.91. The van der Waals surface area contributed by atoms with E-state index in [0.29, 0.717) is 12.2 Å². The van der Waals surface area contributed by atoms with E-state index in [1.807, 2.05) is 19.1 Å². The third kappa shape index (κ3) is 4.57. The minimum absolute atomic E-state index is 0.297. The van der Waals surface area contributed by atoms with Crippen molar-refractivity contribution in [1.29, 1.82) is 0 Å². The van der Waals surface area contributed by atoms with Gasteiger partial charge in [0.15, 0.2) is 0 Å². The van der Waals surface area contributed by atoms with Gasteiger partial charge in [-0.2, -0.15) is 5.10 Å². The molecule has 1 N–H and O–H groups in total. The molecular weight excluding hydrogens is 228 g/mol. The number of carbonyl (C=O) groups excluding carboxylic acids is 1. The fourth-order valence-corrected chi connectivity index (χ4v) is 1.47. The topological polar surface area (TPSA) is 50.7 Å². The summed E-state index contributed by atoms with van der Waals surface area (Å²) in [6.45, 7) is 6.29. The lowest BCUT2D eigenvalue weighted by Crippen LogP contribution is -2.04. The molecular formula is C14H20N2O2. The van der Waals surface area contributed by atoms with Crippen molar-refractivity contribution < 1.29 is 9.53 Å². The molecule has 0 aliphatic heterocycles. The van der Waals surface area contributed by atoms with Crippen LogP contribution in [0.5, 0.6) is 0 Å². The van der Waals surface area contributed by atoms with Crippen molar-refractivity contribution in [3.05, 3.63) is 29.8 Å². The number of esters is 1. The molecule has 1 aromatic carbocycles. The fourth-order valence-electron chi connectivity index (χ4n) is 1.47. The average Bonchev–Trinajstić information content (AvgIpc) is 2.37. The van der Waals surface area contributed by atoms with Gasteiger partial charge in [0.2, 0.25) is 0 Å². The van der Waals surface area contributed by atoms with Crippen LogP contribution in [0.3, 0.4) is 0 Å². The Morgan fingerprint density at radius 1 is 1.28 bits per heavy atom. The molecule has 0 aromatic heterocycles. The highest BCUT2D eigenvalue weighted by Gasteiger charge is 2.04. The van der Waals surface area contributed by atoms with E-state index in [2.05, 4.69) is 17.5 Å². The van der Waals surface area contributed by atoms with Crippen LogP contribution in [0.15, 0.2) is 29.4 Å². The monoisotopic (exact) mass is 248 g/mol. The van der Waals surface area contributed by atoms with Gasteiger partial charge in [0.1, 0.15) is 0 Å². The summed E-state index contributed by atoms with van der Waals surface area (Å²) in [7, 11) is 0. The van der Waals surface area contributed by atoms with Gasteiger partial charge in [-0.1, -0.05) is 13.3 Å². The van der Waals surface area contributed by atoms with Gasteiger partial charge in [0.25, 0.3) is 0 Å². The molecule has 0 saturated carbocycles. The first-order valence-corrected chi connectivity index (χ1v) is 6.23. The maximum absolute atomic E-state index is 11.4. The molecule has 0 heterocycles. The molecule has 0 bridgehead atoms. The predicted molar refractivity (Wildman–Crippen MR) is 74.0 cm³/mol. The average molecular weight is 248 g/mol. The molecule has 4 heteroatoms. The zero-order chi connectivity index (χ0) is 13.4. The largest absolute Gasteiger partial charge is 0.462 e. The van der Waals surface area contributed by atoms with E-state index in [4.69, 9.17) is 4.74 Å². The maximum Gasteiger partial charge on any atom is 0.338 e. The molecule has 0 fully saturated rings. The Morgan fingerprint density at radius 3 is 2.50 bits per heavy atom. The van der Waals surface area contributed by atoms with Crippen molar-refractivity contribution in [3.63, 3.8) is 0 Å². The van der Waals surface area contributed by atoms with Crippen molar-refractivity contribution >= 4 is 17.4 Å². The van der Waals surface area contributed by atoms with Gasteiger partial charge in [0, 0.05) is 5.71 Å². The van der Waals surface area contributed by atoms with Crippen LogP contribution in [-0.2, 0) is 4.74 Å². The molecule has 0 amide bonds. The van der Waals surface area contributed by atoms with E-state index in [0.717, 1.165) is 24.2 Å². The summed E-state index contributed by atoms with van der Waals surface area (Å²) < 4.78 is 4.91. The van der Waals surface area contributed by atoms with Gasteiger partial charge in [-0.3, -0.25) is 5.43 Å². The molecule has 0 radical (unpaired) electrons. The molecule has 0 saturated heterocycles. The molecule has 0 spiro atoms. The summed E-state index contributed by atoms with van der Waals surface area (Å²) in [4.78, 5) is 11.4. The summed E-state index contributed by atoms with van der Waals surface area (Å²) in [5, 5.41) is 4.25. The molecule has 1 aromatic rings. The summed E-state index contributed by atoms with van der Waals surface area (Å²) in [6.07, 6.45) is 2.06. The number of nitrogens with zero attached hydrogens (tertiary/aromatic N) is 1. The van der Waals surface area contributed by atoms with Crippen molar-refractivity contribution in [3.8, 4) is 0 Å². The van der Waals surface area contributed by atoms with Gasteiger partial charge in [-0.15, -0.1) is 0 Å². The van der Waals surface area contributed by atoms with Gasteiger partial charge in [-0.25, -0.2) is 4.79 Å². The number of ether oxygens (including phenoxy) is 1. The molecule has 98 valence electrons. The first kappa shape index (κ1) is 14.2. The van der Waals surface area contributed by atoms with E-state index in [9.17, 15) is 4.79 Å². The highest BCUT2D eigenvalue weighted by atomic mass is 16.5. The zero-order valence-corrected chi connectivity index (χ0v) is 11.2. The van der Waals surface area contributed by atoms with Gasteiger partial charge >= 0.3 is 5.97 Å². The number of hydrazone groups is 1. The Hall–Kier alpha value is -1.84. The minimum atomic E-state index is -0.297. The summed E-state index contributed by atoms with van der Waals surface area (Å²) >= 11 is 0. The minimum Gasteiger partial charge on any atom is -0.462 e. The number of hydrogen-bond acceptors (Lipinski definition) is 4. The molecule has 1 rings (SSSR count). The van der Waals surface area contributed by atoms with E-state index in [1.165, 1.54) is 0 Å². The molecule has 4 nitrogen and oxygen atoms in total. The Labute approximate surface area is 108 Å². The lowest BCUT2D eigenvalue weighted by atomic mass is 10.2. The van der Waals surface area contributed by atoms with Crippen molar-refractivity contribution in [1.82, 2.24) is 0 Å². The first-order valence-electron chi connectivity index (χ1n) is 6.23. The molecule has 0 aliphatic carbocycles. The van der Waals surface area contributed by atoms with Gasteiger partial charge in [0.05, 0.1) is 17.9 Å². The second kappa shape index (κ2) is 7.48. The van der Waals surface area contributed by atoms with Gasteiger partial charge in [-0.05, 0) is 44.5 Å². The van der Waals surface area contributed by atoms with Gasteiger partial charge < -0.3 is 4.74 Å². The van der Waals surface area contributed by atoms with Crippen LogP contribution in [0.2, 0.25) is 0 Å². The number of hydrogen-bond donors (Lipinski definition) is 1. The Balaban J connectivity index is 2.60. The molecule has 0 unspecified atom stereocenters. The molecule has 0 aliphatic rings. The Morgan fingerprint density at radius 2 is 1.94 bits per heavy atom. The maximum atomic E-state index is 11.4. The lowest BCUT2D eigenvalue weighted by Gasteiger charge is -2.04. The Bertz CT molecular complexity index is 410. The lowest BCUT2D eigenvalue weighted by molar-refractivity contribution is 0.0526. The third-order valence-corrected chi connectivity index (χ3v) is 2.38. The van der Waals surface area contributed by atoms with Crippen LogP contribution in [0.25, 0.3) is 0 Å². The van der Waals surface area contributed by atoms with Crippen molar-refractivity contribution in [2.75, 3.05) is 12.0 Å². The molecule has 0 atom stereocenters. The second-order valence-electron chi connectivity index (χ2n) is 4.01. The number of benzene rings is 1. The summed E-state index contributed by atoms with van der Waals surface area (Å²) in [5.74, 6) is -0.297. The SMILES string of the molecule is CCC/C(C)=N/Nc1ccc(C(=O)OCC)cc1. The van der Waals surface area contributed by atoms with Crippen LogP contribution in [-0.4, -0.2) is 18.3 Å². The van der Waals surface area contributed by atoms with E-state index in [1.54, 1.807) is 19.1 Å². The van der Waals surface area contributed by atoms with Crippen LogP contribution in [0, 0.1) is 0 Å². The highest BCUT2D eigenvalue weighted by molar-refractivity contribution is 5.89. The van der Waals surface area contributed by atoms with Crippen LogP contribution in [0.4, 0.5) is 5.69 Å². The standard InChI is InChI=1S/C14H20N2O2/c1-4-6-11(3)15-16-13-9-7-12(8-10-13)14(17)18-5-2/h7-10,16H,4-6H2,1-3H3/b15-11+. The van der Waals surface area contributed by atoms with Crippen molar-refractivity contribution in [2.45, 2.75) is 33.6 Å². The number of nitrogens with one attached hydrogen (secondary N) is 1. The smallest absolute Gasteiger partial charge is 0.338 e. The molecule has 18 heavy (non-hydrogen) atoms. The predicted octanol–water partition coefficient (Wildman–Crippen LogP) is 3.45. The number of rotatable bonds is 6. The fraction of sp³-hybridized carbons (Fsp3) is 0.429. The summed E-state index contributed by atoms with van der Waals surface area (Å²) in [6, 6.07) is 7.08. The summed E-state index contributed by atoms with van der Waals surface area (Å²) in [5.41, 5.74) is 5.44. The normalized spacial score (nSPS) is 11.2. The second-order valence-corrected chi connectivity index (χ2v) is 4.01. The van der Waals surface area contributed by atoms with E-state index in [-0.39, 0.29) is 5.97 Å². The van der Waals surface area contributed by atoms with E-state index < -0.39 is 0 Å². The third-order valence-electron chi connectivity index (χ3n) is 2.38. The van der Waals surface area contributed by atoms with Crippen LogP contribution >= 0.6 is 0 Å². The van der Waals surface area contributed by atoms with Crippen molar-refractivity contribution in [2.24, 2.45) is 5.10 Å². The quantitative estimate of drug-likeness (QED) is 0.476. The number of carbonyl (C=O) groups is 1. The zero-order valence-electron chi connectivity index (χ0n) is 11.2.